The number of amides is 2. The highest BCUT2D eigenvalue weighted by Gasteiger charge is 2.32. The smallest absolute Gasteiger partial charge is 0.339 e. The minimum atomic E-state index is -4.10. The summed E-state index contributed by atoms with van der Waals surface area (Å²) in [5, 5.41) is 16.5. The van der Waals surface area contributed by atoms with E-state index in [1.807, 2.05) is 77.9 Å². The van der Waals surface area contributed by atoms with E-state index in [0.717, 1.165) is 77.5 Å². The van der Waals surface area contributed by atoms with E-state index in [1.54, 1.807) is 26.3 Å². The van der Waals surface area contributed by atoms with Crippen LogP contribution in [0.5, 0.6) is 5.75 Å². The summed E-state index contributed by atoms with van der Waals surface area (Å²) in [4.78, 5) is 93.0. The first kappa shape index (κ1) is 73.2. The molecule has 84 heavy (non-hydrogen) atoms. The van der Waals surface area contributed by atoms with Gasteiger partial charge in [-0.05, 0) is 119 Å². The number of para-hydroxylation sites is 3. The Bertz CT molecular complexity index is 3160. The molecule has 2 aromatic heterocycles. The third-order valence-electron chi connectivity index (χ3n) is 11.3. The third-order valence-corrected chi connectivity index (χ3v) is 15.0. The Kier molecular flexibility index (Phi) is 32.1. The lowest BCUT2D eigenvalue weighted by atomic mass is 10.0. The molecule has 0 spiro atoms. The molecule has 2 aliphatic heterocycles. The lowest BCUT2D eigenvalue weighted by molar-refractivity contribution is -0.137. The van der Waals surface area contributed by atoms with Gasteiger partial charge in [-0.2, -0.15) is 15.0 Å². The van der Waals surface area contributed by atoms with Gasteiger partial charge in [-0.25, -0.2) is 14.1 Å². The monoisotopic (exact) mass is 1330 g/mol. The lowest BCUT2D eigenvalue weighted by Crippen LogP contribution is -2.47. The summed E-state index contributed by atoms with van der Waals surface area (Å²) in [7, 11) is -1.16. The second kappa shape index (κ2) is 36.8. The summed E-state index contributed by atoms with van der Waals surface area (Å²) < 4.78 is 43.0. The summed E-state index contributed by atoms with van der Waals surface area (Å²) >= 11 is 30.9. The number of rotatable bonds is 19. The van der Waals surface area contributed by atoms with E-state index < -0.39 is 43.0 Å². The van der Waals surface area contributed by atoms with Crippen LogP contribution in [0, 0.1) is 12.7 Å². The topological polar surface area (TPSA) is 294 Å². The number of nitrogens with zero attached hydrogens (tertiary/aromatic N) is 8. The van der Waals surface area contributed by atoms with Crippen molar-refractivity contribution in [2.75, 3.05) is 78.9 Å². The van der Waals surface area contributed by atoms with Crippen molar-refractivity contribution in [3.05, 3.63) is 96.3 Å². The maximum atomic E-state index is 14.3. The van der Waals surface area contributed by atoms with Crippen LogP contribution < -0.4 is 40.2 Å². The number of hydrogen-bond donors (Lipinski definition) is 6. The number of ether oxygens (including phenoxy) is 3. The number of esters is 1. The summed E-state index contributed by atoms with van der Waals surface area (Å²) in [5.74, 6) is -0.816. The van der Waals surface area contributed by atoms with Crippen molar-refractivity contribution in [3.63, 3.8) is 0 Å². The van der Waals surface area contributed by atoms with E-state index in [0.29, 0.717) is 53.6 Å². The van der Waals surface area contributed by atoms with Crippen molar-refractivity contribution in [3.8, 4) is 5.75 Å². The van der Waals surface area contributed by atoms with Crippen molar-refractivity contribution in [1.29, 1.82) is 0 Å². The molecule has 2 aliphatic rings. The fourth-order valence-electron chi connectivity index (χ4n) is 7.71. The van der Waals surface area contributed by atoms with Crippen LogP contribution in [0.3, 0.4) is 0 Å². The second-order valence-electron chi connectivity index (χ2n) is 18.3. The number of halogens is 6. The third kappa shape index (κ3) is 24.0. The van der Waals surface area contributed by atoms with Crippen LogP contribution in [-0.4, -0.2) is 144 Å². The van der Waals surface area contributed by atoms with Gasteiger partial charge in [0.15, 0.2) is 4.84 Å². The fraction of sp³-hybridized carbons (Fsp3) is 0.481. The number of thioether (sulfide) groups is 1. The average Bonchev–Trinajstić information content (AvgIpc) is 3.06. The van der Waals surface area contributed by atoms with Gasteiger partial charge in [0, 0.05) is 37.7 Å². The number of aromatic nitrogens is 5. The predicted molar refractivity (Wildman–Crippen MR) is 330 cm³/mol. The lowest BCUT2D eigenvalue weighted by Gasteiger charge is -2.35. The van der Waals surface area contributed by atoms with Crippen LogP contribution in [-0.2, 0) is 52.7 Å². The fourth-order valence-corrected chi connectivity index (χ4v) is 10.6. The summed E-state index contributed by atoms with van der Waals surface area (Å²) in [5.41, 5.74) is 4.01. The van der Waals surface area contributed by atoms with Crippen molar-refractivity contribution in [2.45, 2.75) is 109 Å². The van der Waals surface area contributed by atoms with Gasteiger partial charge in [-0.1, -0.05) is 72.1 Å². The molecule has 4 heterocycles. The standard InChI is InChI=1S/C15H15ClFN3O3S2.C15H22ClNO2.C11H11Cl2NO2.C8H14ClN5.C3H8NO5P/c1-23-13(21)8-24-12-7-11(10(17)6-9(12)16)18-14-19-4-2-3-5-20(19)15(22)25-14;1-5-13-8-6-7-11(2)15(13)17(14(18)9-16)12(3)10-19-4;1-7-6-16-9-5-3-2-4-8(9)14(7)11(15)10(12)13;1-4-10-7-12-6(9)13-8(14-7)11-5(2)3;5-3(6)1-4-2-10(7,8)9/h6-7H,2-5,8H2,1H3;6-8,12H,5,9-10H2,1-4H3;2-5,7,10H,6H2,1H3;5H,4H2,1-3H3,(H2,10,11,12,13,14);4H,1-2H2,(H,5,6)(H2,7,8,9). The molecule has 2 amide bonds. The molecule has 7 rings (SSSR count). The summed E-state index contributed by atoms with van der Waals surface area (Å²) in [6.07, 6.45) is 2.18. The van der Waals surface area contributed by atoms with Crippen molar-refractivity contribution in [2.24, 2.45) is 4.99 Å². The molecule has 464 valence electrons. The van der Waals surface area contributed by atoms with E-state index in [9.17, 15) is 32.9 Å². The van der Waals surface area contributed by atoms with Crippen LogP contribution in [0.1, 0.15) is 65.5 Å². The quantitative estimate of drug-likeness (QED) is 0.0194. The Balaban J connectivity index is 0.000000284. The van der Waals surface area contributed by atoms with Crippen LogP contribution in [0.2, 0.25) is 10.3 Å². The highest BCUT2D eigenvalue weighted by Crippen LogP contribution is 2.36. The molecule has 2 atom stereocenters. The van der Waals surface area contributed by atoms with Crippen molar-refractivity contribution >= 4 is 141 Å². The largest absolute Gasteiger partial charge is 0.489 e. The zero-order chi connectivity index (χ0) is 62.8. The van der Waals surface area contributed by atoms with E-state index in [1.165, 1.54) is 13.2 Å². The number of alkyl halides is 3. The maximum Gasteiger partial charge on any atom is 0.339 e. The van der Waals surface area contributed by atoms with Crippen molar-refractivity contribution in [1.82, 2.24) is 29.6 Å². The molecule has 23 nitrogen and oxygen atoms in total. The molecule has 6 N–H and O–H groups in total. The van der Waals surface area contributed by atoms with Gasteiger partial charge in [0.1, 0.15) is 29.7 Å². The number of nitrogens with one attached hydrogen (secondary N) is 3. The first-order chi connectivity index (χ1) is 39.7. The molecule has 2 unspecified atom stereocenters. The number of carbonyl (C=O) groups is 4. The maximum absolute atomic E-state index is 14.3. The Morgan fingerprint density at radius 1 is 1.00 bits per heavy atom. The molecular formula is C52H70Cl5FN11O12PS2. The van der Waals surface area contributed by atoms with Gasteiger partial charge >= 0.3 is 24.4 Å². The van der Waals surface area contributed by atoms with Gasteiger partial charge in [-0.15, -0.1) is 23.4 Å². The first-order valence-electron chi connectivity index (χ1n) is 25.9. The van der Waals surface area contributed by atoms with E-state index in [4.69, 9.17) is 82.4 Å². The molecule has 0 radical (unpaired) electrons. The number of carboxylic acid groups (broad SMARTS) is 1. The molecule has 3 aromatic carbocycles. The number of aryl methyl sites for hydroxylation is 2. The molecule has 0 fully saturated rings. The van der Waals surface area contributed by atoms with Crippen LogP contribution in [0.4, 0.5) is 33.3 Å². The molecule has 5 aromatic rings. The second-order valence-corrected chi connectivity index (χ2v) is 24.0. The SMILES string of the molecule is CC1COc2ccccc2N1C(=O)C(Cl)Cl.CCNc1nc(Cl)nc(NC(C)C)n1.CCc1cccc(C)c1N(C(=O)CCl)C(C)COC.COC(=O)CSc1cc(N=c2sc(=O)n3n2CCCC3)c(F)cc1Cl.O=C(O)CNCP(=O)(O)O. The number of methoxy groups -OCH3 is 2. The molecule has 0 saturated carbocycles. The van der Waals surface area contributed by atoms with Gasteiger partial charge in [0.05, 0.1) is 60.8 Å². The highest BCUT2D eigenvalue weighted by molar-refractivity contribution is 8.00. The Morgan fingerprint density at radius 2 is 1.67 bits per heavy atom. The average molecular weight is 1330 g/mol. The number of fused-ring (bicyclic) bond motifs is 2. The number of carboxylic acids is 1. The van der Waals surface area contributed by atoms with Crippen LogP contribution in [0.25, 0.3) is 0 Å². The zero-order valence-corrected chi connectivity index (χ0v) is 53.9. The van der Waals surface area contributed by atoms with Crippen LogP contribution in [0.15, 0.2) is 69.3 Å². The van der Waals surface area contributed by atoms with Crippen LogP contribution >= 0.6 is 88.7 Å². The first-order valence-corrected chi connectivity index (χ1v) is 31.7. The van der Waals surface area contributed by atoms with Crippen molar-refractivity contribution < 1.29 is 57.2 Å². The van der Waals surface area contributed by atoms with Gasteiger partial charge in [0.2, 0.25) is 27.9 Å². The number of hydrogen-bond acceptors (Lipinski definition) is 18. The molecule has 0 saturated heterocycles. The van der Waals surface area contributed by atoms with E-state index >= 15 is 0 Å². The predicted octanol–water partition coefficient (Wildman–Crippen LogP) is 9.14. The number of aliphatic carboxylic acids is 1. The van der Waals surface area contributed by atoms with E-state index in [-0.39, 0.29) is 62.4 Å². The minimum Gasteiger partial charge on any atom is -0.489 e. The summed E-state index contributed by atoms with van der Waals surface area (Å²) in [6, 6.07) is 16.2. The van der Waals surface area contributed by atoms with Gasteiger partial charge < -0.3 is 49.5 Å². The zero-order valence-electron chi connectivity index (χ0n) is 47.6. The van der Waals surface area contributed by atoms with Gasteiger partial charge in [-0.3, -0.25) is 38.5 Å². The molecule has 0 bridgehead atoms. The molecule has 0 aliphatic carbocycles. The minimum absolute atomic E-state index is 0.0223. The molecule has 32 heteroatoms. The van der Waals surface area contributed by atoms with E-state index in [2.05, 4.69) is 53.6 Å². The summed E-state index contributed by atoms with van der Waals surface area (Å²) in [6.45, 7) is 16.5. The number of carbonyl (C=O) groups excluding carboxylic acids is 3. The Labute approximate surface area is 519 Å². The number of anilines is 4. The molecular weight excluding hydrogens is 1260 g/mol. The number of benzene rings is 3. The Morgan fingerprint density at radius 3 is 2.26 bits per heavy atom. The van der Waals surface area contributed by atoms with Gasteiger partial charge in [0.25, 0.3) is 5.91 Å². The highest BCUT2D eigenvalue weighted by atomic mass is 35.5. The normalized spacial score (nSPS) is 13.8. The Hall–Kier alpha value is -5.09.